The van der Waals surface area contributed by atoms with Gasteiger partial charge in [-0.25, -0.2) is 0 Å². The number of hydrogen-bond acceptors (Lipinski definition) is 4. The van der Waals surface area contributed by atoms with E-state index in [0.717, 1.165) is 0 Å². The van der Waals surface area contributed by atoms with Gasteiger partial charge in [-0.2, -0.15) is 0 Å². The molecule has 18 heavy (non-hydrogen) atoms. The maximum atomic E-state index is 11.6. The number of hydrogen-bond donors (Lipinski definition) is 2. The van der Waals surface area contributed by atoms with E-state index in [0.29, 0.717) is 6.42 Å². The minimum Gasteiger partial charge on any atom is -0.411 e. The molecule has 0 spiro atoms. The van der Waals surface area contributed by atoms with Crippen molar-refractivity contribution in [2.45, 2.75) is 70.6 Å². The molecule has 2 N–H and O–H groups in total. The summed E-state index contributed by atoms with van der Waals surface area (Å²) in [7, 11) is -2.00. The number of ketones is 1. The van der Waals surface area contributed by atoms with Crippen molar-refractivity contribution in [1.29, 1.82) is 0 Å². The molecular weight excluding hydrogens is 248 g/mol. The van der Waals surface area contributed by atoms with Crippen LogP contribution in [0.2, 0.25) is 18.1 Å². The van der Waals surface area contributed by atoms with Crippen molar-refractivity contribution >= 4 is 14.1 Å². The number of aliphatic hydroxyl groups excluding tert-OH is 2. The zero-order valence-electron chi connectivity index (χ0n) is 12.2. The molecule has 0 aliphatic heterocycles. The Kier molecular flexibility index (Phi) is 4.43. The average Bonchev–Trinajstić information content (AvgIpc) is 2.21. The Morgan fingerprint density at radius 2 is 1.78 bits per heavy atom. The number of carbonyl (C=O) groups is 1. The van der Waals surface area contributed by atoms with E-state index in [-0.39, 0.29) is 16.7 Å². The summed E-state index contributed by atoms with van der Waals surface area (Å²) in [5.74, 6) is -0.532. The molecule has 0 heterocycles. The summed E-state index contributed by atoms with van der Waals surface area (Å²) >= 11 is 0. The van der Waals surface area contributed by atoms with E-state index in [1.807, 2.05) is 0 Å². The first-order chi connectivity index (χ1) is 7.97. The molecule has 4 atom stereocenters. The molecule has 0 aromatic rings. The molecule has 1 rings (SSSR count). The van der Waals surface area contributed by atoms with Gasteiger partial charge in [0, 0.05) is 5.92 Å². The molecule has 1 aliphatic rings. The van der Waals surface area contributed by atoms with Crippen LogP contribution in [0.1, 0.15) is 34.1 Å². The quantitative estimate of drug-likeness (QED) is 0.752. The number of rotatable bonds is 2. The lowest BCUT2D eigenvalue weighted by Gasteiger charge is -2.43. The standard InChI is InChI=1S/C13H26O4Si/c1-8-7-9(11(15)12(16)10(8)14)17-18(5,6)13(2,3)4/h8-9,11-12,15-16H,7H2,1-6H3/t8-,9-,11+,12-/m1/s1. The van der Waals surface area contributed by atoms with Gasteiger partial charge < -0.3 is 14.6 Å². The van der Waals surface area contributed by atoms with Crippen LogP contribution in [0.15, 0.2) is 0 Å². The molecule has 5 heteroatoms. The van der Waals surface area contributed by atoms with Gasteiger partial charge >= 0.3 is 0 Å². The zero-order valence-corrected chi connectivity index (χ0v) is 13.2. The molecule has 0 aromatic heterocycles. The Hall–Kier alpha value is -0.233. The third-order valence-electron chi connectivity index (χ3n) is 4.32. The molecular formula is C13H26O4Si. The molecule has 0 amide bonds. The topological polar surface area (TPSA) is 66.8 Å². The lowest BCUT2D eigenvalue weighted by molar-refractivity contribution is -0.151. The monoisotopic (exact) mass is 274 g/mol. The molecule has 0 saturated heterocycles. The lowest BCUT2D eigenvalue weighted by Crippen LogP contribution is -2.56. The highest BCUT2D eigenvalue weighted by Crippen LogP contribution is 2.39. The largest absolute Gasteiger partial charge is 0.411 e. The number of Topliss-reactive ketones (excluding diaryl/α,β-unsaturated/α-hetero) is 1. The Bertz CT molecular complexity index is 321. The van der Waals surface area contributed by atoms with Gasteiger partial charge in [-0.05, 0) is 24.6 Å². The second-order valence-electron chi connectivity index (χ2n) is 6.89. The Labute approximate surface area is 110 Å². The summed E-state index contributed by atoms with van der Waals surface area (Å²) in [6.07, 6.45) is -2.34. The first-order valence-corrected chi connectivity index (χ1v) is 9.46. The van der Waals surface area contributed by atoms with E-state index in [1.54, 1.807) is 6.92 Å². The van der Waals surface area contributed by atoms with Crippen molar-refractivity contribution in [3.8, 4) is 0 Å². The summed E-state index contributed by atoms with van der Waals surface area (Å²) in [4.78, 5) is 11.6. The van der Waals surface area contributed by atoms with Gasteiger partial charge in [0.05, 0.1) is 6.10 Å². The van der Waals surface area contributed by atoms with Crippen molar-refractivity contribution in [3.05, 3.63) is 0 Å². The van der Waals surface area contributed by atoms with Gasteiger partial charge in [0.2, 0.25) is 0 Å². The molecule has 1 fully saturated rings. The fourth-order valence-corrected chi connectivity index (χ4v) is 3.29. The van der Waals surface area contributed by atoms with E-state index >= 15 is 0 Å². The molecule has 0 aromatic carbocycles. The number of carbonyl (C=O) groups excluding carboxylic acids is 1. The SMILES string of the molecule is C[C@@H]1C[C@@H](O[Si](C)(C)C(C)(C)C)[C@H](O)[C@H](O)C1=O. The summed E-state index contributed by atoms with van der Waals surface area (Å²) in [5.41, 5.74) is 0. The van der Waals surface area contributed by atoms with Gasteiger partial charge in [-0.1, -0.05) is 27.7 Å². The molecule has 0 bridgehead atoms. The fourth-order valence-electron chi connectivity index (χ4n) is 1.94. The maximum Gasteiger partial charge on any atom is 0.192 e. The average molecular weight is 274 g/mol. The van der Waals surface area contributed by atoms with Crippen molar-refractivity contribution in [3.63, 3.8) is 0 Å². The van der Waals surface area contributed by atoms with Crippen molar-refractivity contribution < 1.29 is 19.4 Å². The predicted octanol–water partition coefficient (Wildman–Crippen LogP) is 1.71. The molecule has 4 nitrogen and oxygen atoms in total. The minimum atomic E-state index is -2.00. The van der Waals surface area contributed by atoms with Crippen LogP contribution in [0.5, 0.6) is 0 Å². The molecule has 1 aliphatic carbocycles. The minimum absolute atomic E-state index is 0.0440. The Balaban J connectivity index is 2.82. The van der Waals surface area contributed by atoms with E-state index in [1.165, 1.54) is 0 Å². The van der Waals surface area contributed by atoms with Crippen LogP contribution in [0.4, 0.5) is 0 Å². The molecule has 106 valence electrons. The maximum absolute atomic E-state index is 11.6. The van der Waals surface area contributed by atoms with Gasteiger partial charge in [0.1, 0.15) is 12.2 Å². The summed E-state index contributed by atoms with van der Waals surface area (Å²) in [5, 5.41) is 19.7. The first-order valence-electron chi connectivity index (χ1n) is 6.55. The van der Waals surface area contributed by atoms with Crippen LogP contribution in [0, 0.1) is 5.92 Å². The van der Waals surface area contributed by atoms with Gasteiger partial charge in [-0.3, -0.25) is 4.79 Å². The Morgan fingerprint density at radius 3 is 2.22 bits per heavy atom. The third kappa shape index (κ3) is 3.02. The summed E-state index contributed by atoms with van der Waals surface area (Å²) in [6.45, 7) is 12.4. The van der Waals surface area contributed by atoms with E-state index in [2.05, 4.69) is 33.9 Å². The third-order valence-corrected chi connectivity index (χ3v) is 8.82. The molecule has 0 radical (unpaired) electrons. The van der Waals surface area contributed by atoms with E-state index < -0.39 is 26.6 Å². The summed E-state index contributed by atoms with van der Waals surface area (Å²) in [6, 6.07) is 0. The van der Waals surface area contributed by atoms with Crippen LogP contribution < -0.4 is 0 Å². The van der Waals surface area contributed by atoms with Gasteiger partial charge in [-0.15, -0.1) is 0 Å². The predicted molar refractivity (Wildman–Crippen MR) is 72.9 cm³/mol. The lowest BCUT2D eigenvalue weighted by atomic mass is 9.83. The second-order valence-corrected chi connectivity index (χ2v) is 11.6. The van der Waals surface area contributed by atoms with E-state index in [4.69, 9.17) is 4.43 Å². The van der Waals surface area contributed by atoms with Crippen LogP contribution in [0.25, 0.3) is 0 Å². The molecule has 0 unspecified atom stereocenters. The number of aliphatic hydroxyl groups is 2. The van der Waals surface area contributed by atoms with Crippen molar-refractivity contribution in [2.75, 3.05) is 0 Å². The van der Waals surface area contributed by atoms with E-state index in [9.17, 15) is 15.0 Å². The highest BCUT2D eigenvalue weighted by molar-refractivity contribution is 6.74. The fraction of sp³-hybridized carbons (Fsp3) is 0.923. The van der Waals surface area contributed by atoms with Gasteiger partial charge in [0.25, 0.3) is 0 Å². The Morgan fingerprint density at radius 1 is 1.28 bits per heavy atom. The highest BCUT2D eigenvalue weighted by atomic mass is 28.4. The second kappa shape index (κ2) is 5.04. The van der Waals surface area contributed by atoms with Crippen LogP contribution in [-0.2, 0) is 9.22 Å². The van der Waals surface area contributed by atoms with Crippen molar-refractivity contribution in [2.24, 2.45) is 5.92 Å². The summed E-state index contributed by atoms with van der Waals surface area (Å²) < 4.78 is 6.12. The first kappa shape index (κ1) is 15.8. The van der Waals surface area contributed by atoms with Crippen LogP contribution >= 0.6 is 0 Å². The van der Waals surface area contributed by atoms with Crippen LogP contribution in [-0.4, -0.2) is 42.6 Å². The van der Waals surface area contributed by atoms with Crippen molar-refractivity contribution in [1.82, 2.24) is 0 Å². The zero-order chi connectivity index (χ0) is 14.3. The smallest absolute Gasteiger partial charge is 0.192 e. The highest BCUT2D eigenvalue weighted by Gasteiger charge is 2.46. The van der Waals surface area contributed by atoms with Gasteiger partial charge in [0.15, 0.2) is 14.1 Å². The molecule has 1 saturated carbocycles. The normalized spacial score (nSPS) is 34.8. The van der Waals surface area contributed by atoms with Crippen LogP contribution in [0.3, 0.4) is 0 Å².